The molecule has 0 bridgehead atoms. The van der Waals surface area contributed by atoms with Crippen molar-refractivity contribution in [2.75, 3.05) is 52.7 Å². The van der Waals surface area contributed by atoms with Crippen LogP contribution in [0.5, 0.6) is 0 Å². The van der Waals surface area contributed by atoms with Gasteiger partial charge in [-0.3, -0.25) is 4.79 Å². The molecule has 6 heteroatoms. The summed E-state index contributed by atoms with van der Waals surface area (Å²) < 4.78 is 21.7. The normalized spacial score (nSPS) is 15.5. The second kappa shape index (κ2) is 15.8. The maximum Gasteiger partial charge on any atom is 0.305 e. The smallest absolute Gasteiger partial charge is 0.305 e. The zero-order valence-corrected chi connectivity index (χ0v) is 15.2. The van der Waals surface area contributed by atoms with Crippen LogP contribution in [0.15, 0.2) is 0 Å². The maximum atomic E-state index is 11.4. The third-order valence-electron chi connectivity index (χ3n) is 3.96. The van der Waals surface area contributed by atoms with Gasteiger partial charge in [-0.1, -0.05) is 26.2 Å². The van der Waals surface area contributed by atoms with Crippen LogP contribution in [-0.4, -0.2) is 64.8 Å². The minimum absolute atomic E-state index is 0.124. The molecule has 0 aromatic carbocycles. The van der Waals surface area contributed by atoms with Gasteiger partial charge >= 0.3 is 5.97 Å². The average Bonchev–Trinajstić information content (AvgIpc) is 2.61. The molecule has 6 nitrogen and oxygen atoms in total. The van der Waals surface area contributed by atoms with Crippen molar-refractivity contribution in [1.82, 2.24) is 5.32 Å². The van der Waals surface area contributed by atoms with Crippen molar-refractivity contribution in [3.05, 3.63) is 0 Å². The molecule has 1 aliphatic rings. The molecule has 1 rings (SSSR count). The van der Waals surface area contributed by atoms with E-state index in [1.54, 1.807) is 0 Å². The van der Waals surface area contributed by atoms with Gasteiger partial charge in [-0.15, -0.1) is 0 Å². The first-order valence-electron chi connectivity index (χ1n) is 9.46. The van der Waals surface area contributed by atoms with E-state index in [9.17, 15) is 4.79 Å². The van der Waals surface area contributed by atoms with Gasteiger partial charge in [-0.05, 0) is 32.4 Å². The fourth-order valence-electron chi connectivity index (χ4n) is 2.54. The van der Waals surface area contributed by atoms with Crippen LogP contribution >= 0.6 is 0 Å². The Hall–Kier alpha value is -0.690. The Morgan fingerprint density at radius 2 is 1.58 bits per heavy atom. The van der Waals surface area contributed by atoms with Gasteiger partial charge in [0.2, 0.25) is 0 Å². The van der Waals surface area contributed by atoms with Gasteiger partial charge in [-0.25, -0.2) is 0 Å². The van der Waals surface area contributed by atoms with Crippen molar-refractivity contribution in [3.8, 4) is 0 Å². The van der Waals surface area contributed by atoms with Gasteiger partial charge in [0, 0.05) is 6.42 Å². The van der Waals surface area contributed by atoms with Crippen molar-refractivity contribution in [1.29, 1.82) is 0 Å². The van der Waals surface area contributed by atoms with Crippen molar-refractivity contribution in [2.45, 2.75) is 58.0 Å². The summed E-state index contributed by atoms with van der Waals surface area (Å²) in [5, 5.41) is 3.31. The Morgan fingerprint density at radius 1 is 0.917 bits per heavy atom. The largest absolute Gasteiger partial charge is 0.463 e. The summed E-state index contributed by atoms with van der Waals surface area (Å²) >= 11 is 0. The number of carbonyl (C=O) groups is 1. The number of ether oxygens (including phenoxy) is 4. The summed E-state index contributed by atoms with van der Waals surface area (Å²) in [5.41, 5.74) is 0. The number of piperidine rings is 1. The van der Waals surface area contributed by atoms with Crippen molar-refractivity contribution >= 4 is 5.97 Å². The highest BCUT2D eigenvalue weighted by Gasteiger charge is 2.12. The quantitative estimate of drug-likeness (QED) is 0.363. The summed E-state index contributed by atoms with van der Waals surface area (Å²) in [4.78, 5) is 11.4. The zero-order chi connectivity index (χ0) is 17.3. The zero-order valence-electron chi connectivity index (χ0n) is 15.2. The molecule has 142 valence electrons. The second-order valence-corrected chi connectivity index (χ2v) is 6.08. The molecule has 0 unspecified atom stereocenters. The highest BCUT2D eigenvalue weighted by molar-refractivity contribution is 5.69. The van der Waals surface area contributed by atoms with Crippen molar-refractivity contribution in [3.63, 3.8) is 0 Å². The third kappa shape index (κ3) is 12.7. The number of rotatable bonds is 15. The minimum atomic E-state index is -0.124. The highest BCUT2D eigenvalue weighted by Crippen LogP contribution is 2.06. The number of carbonyl (C=O) groups excluding carboxylic acids is 1. The molecule has 0 radical (unpaired) electrons. The lowest BCUT2D eigenvalue weighted by atomic mass is 10.1. The Labute approximate surface area is 146 Å². The maximum absolute atomic E-state index is 11.4. The molecule has 0 aromatic heterocycles. The van der Waals surface area contributed by atoms with Crippen LogP contribution in [0.3, 0.4) is 0 Å². The van der Waals surface area contributed by atoms with Gasteiger partial charge in [0.25, 0.3) is 0 Å². The number of unbranched alkanes of at least 4 members (excludes halogenated alkanes) is 3. The molecule has 0 spiro atoms. The third-order valence-corrected chi connectivity index (χ3v) is 3.96. The molecule has 0 amide bonds. The van der Waals surface area contributed by atoms with Gasteiger partial charge < -0.3 is 24.3 Å². The Bertz CT molecular complexity index is 295. The Kier molecular flexibility index (Phi) is 14.1. The van der Waals surface area contributed by atoms with Crippen LogP contribution in [0, 0.1) is 0 Å². The van der Waals surface area contributed by atoms with E-state index in [4.69, 9.17) is 18.9 Å². The fraction of sp³-hybridized carbons (Fsp3) is 0.944. The van der Waals surface area contributed by atoms with Crippen LogP contribution in [0.25, 0.3) is 0 Å². The van der Waals surface area contributed by atoms with Gasteiger partial charge in [0.05, 0.1) is 39.1 Å². The number of hydrogen-bond acceptors (Lipinski definition) is 6. The van der Waals surface area contributed by atoms with Crippen LogP contribution in [0.2, 0.25) is 0 Å². The summed E-state index contributed by atoms with van der Waals surface area (Å²) in [6, 6.07) is 0. The van der Waals surface area contributed by atoms with E-state index in [-0.39, 0.29) is 5.97 Å². The lowest BCUT2D eigenvalue weighted by molar-refractivity contribution is -0.145. The number of esters is 1. The van der Waals surface area contributed by atoms with Crippen LogP contribution in [-0.2, 0) is 23.7 Å². The van der Waals surface area contributed by atoms with Gasteiger partial charge in [0.1, 0.15) is 6.61 Å². The predicted octanol–water partition coefficient (Wildman–Crippen LogP) is 2.30. The van der Waals surface area contributed by atoms with E-state index in [0.29, 0.717) is 52.2 Å². The molecule has 0 saturated carbocycles. The average molecular weight is 345 g/mol. The van der Waals surface area contributed by atoms with Gasteiger partial charge in [-0.2, -0.15) is 0 Å². The monoisotopic (exact) mass is 345 g/mol. The molecule has 0 aromatic rings. The first-order chi connectivity index (χ1) is 11.8. The van der Waals surface area contributed by atoms with Crippen LogP contribution in [0.4, 0.5) is 0 Å². The van der Waals surface area contributed by atoms with E-state index < -0.39 is 0 Å². The SMILES string of the molecule is CCCCCCC(=O)OCCOCCOCCOC1CCNCC1. The van der Waals surface area contributed by atoms with Crippen LogP contribution < -0.4 is 5.32 Å². The molecule has 1 heterocycles. The lowest BCUT2D eigenvalue weighted by Crippen LogP contribution is -2.33. The second-order valence-electron chi connectivity index (χ2n) is 6.08. The number of nitrogens with one attached hydrogen (secondary N) is 1. The summed E-state index contributed by atoms with van der Waals surface area (Å²) in [6.07, 6.45) is 7.43. The van der Waals surface area contributed by atoms with E-state index in [1.165, 1.54) is 12.8 Å². The van der Waals surface area contributed by atoms with E-state index in [1.807, 2.05) is 0 Å². The Balaban J connectivity index is 1.74. The first-order valence-corrected chi connectivity index (χ1v) is 9.46. The van der Waals surface area contributed by atoms with E-state index in [2.05, 4.69) is 12.2 Å². The van der Waals surface area contributed by atoms with Crippen molar-refractivity contribution < 1.29 is 23.7 Å². The molecule has 1 N–H and O–H groups in total. The summed E-state index contributed by atoms with van der Waals surface area (Å²) in [6.45, 7) is 7.29. The molecule has 24 heavy (non-hydrogen) atoms. The molecule has 1 aliphatic heterocycles. The molecule has 1 saturated heterocycles. The molecular formula is C18H35NO5. The predicted molar refractivity (Wildman–Crippen MR) is 93.2 cm³/mol. The number of hydrogen-bond donors (Lipinski definition) is 1. The molecule has 0 atom stereocenters. The fourth-order valence-corrected chi connectivity index (χ4v) is 2.54. The summed E-state index contributed by atoms with van der Waals surface area (Å²) in [7, 11) is 0. The molecule has 1 fully saturated rings. The van der Waals surface area contributed by atoms with Crippen LogP contribution in [0.1, 0.15) is 51.9 Å². The van der Waals surface area contributed by atoms with Gasteiger partial charge in [0.15, 0.2) is 0 Å². The van der Waals surface area contributed by atoms with E-state index >= 15 is 0 Å². The van der Waals surface area contributed by atoms with E-state index in [0.717, 1.165) is 38.8 Å². The molecular weight excluding hydrogens is 310 g/mol. The lowest BCUT2D eigenvalue weighted by Gasteiger charge is -2.22. The minimum Gasteiger partial charge on any atom is -0.463 e. The van der Waals surface area contributed by atoms with Crippen molar-refractivity contribution in [2.24, 2.45) is 0 Å². The highest BCUT2D eigenvalue weighted by atomic mass is 16.6. The first kappa shape index (κ1) is 21.4. The standard InChI is InChI=1S/C18H35NO5/c1-2-3-4-5-6-18(20)24-16-14-22-12-11-21-13-15-23-17-7-9-19-10-8-17/h17,19H,2-16H2,1H3. The topological polar surface area (TPSA) is 66.0 Å². The Morgan fingerprint density at radius 3 is 2.29 bits per heavy atom. The summed E-state index contributed by atoms with van der Waals surface area (Å²) in [5.74, 6) is -0.124. The molecule has 0 aliphatic carbocycles.